The van der Waals surface area contributed by atoms with Gasteiger partial charge in [-0.05, 0) is 12.1 Å². The molecule has 0 bridgehead atoms. The largest absolute Gasteiger partial charge is 0.481 e. The lowest BCUT2D eigenvalue weighted by atomic mass is 10.2. The highest BCUT2D eigenvalue weighted by Gasteiger charge is 2.13. The normalized spacial score (nSPS) is 10.5. The van der Waals surface area contributed by atoms with Crippen LogP contribution in [0.1, 0.15) is 18.7 Å². The molecule has 1 heterocycles. The van der Waals surface area contributed by atoms with Crippen LogP contribution in [0, 0.1) is 0 Å². The predicted octanol–water partition coefficient (Wildman–Crippen LogP) is 2.86. The third-order valence-electron chi connectivity index (χ3n) is 3.33. The van der Waals surface area contributed by atoms with E-state index in [2.05, 4.69) is 4.98 Å². The minimum Gasteiger partial charge on any atom is -0.481 e. The third kappa shape index (κ3) is 4.82. The zero-order valence-corrected chi connectivity index (χ0v) is 13.4. The molecule has 0 aliphatic heterocycles. The summed E-state index contributed by atoms with van der Waals surface area (Å²) in [5.41, 5.74) is 0.748. The smallest absolute Gasteiger partial charge is 0.305 e. The maximum absolute atomic E-state index is 11.9. The highest BCUT2D eigenvalue weighted by Crippen LogP contribution is 2.28. The van der Waals surface area contributed by atoms with Gasteiger partial charge in [0.05, 0.1) is 17.6 Å². The van der Waals surface area contributed by atoms with Gasteiger partial charge in [-0.15, -0.1) is 0 Å². The first-order chi connectivity index (χ1) is 11.0. The van der Waals surface area contributed by atoms with E-state index in [4.69, 9.17) is 21.1 Å². The molecule has 0 fully saturated rings. The first kappa shape index (κ1) is 17.0. The van der Waals surface area contributed by atoms with Crippen molar-refractivity contribution < 1.29 is 19.1 Å². The Morgan fingerprint density at radius 1 is 1.30 bits per heavy atom. The Morgan fingerprint density at radius 3 is 2.74 bits per heavy atom. The summed E-state index contributed by atoms with van der Waals surface area (Å²) in [6.45, 7) is 0.185. The van der Waals surface area contributed by atoms with E-state index >= 15 is 0 Å². The fourth-order valence-corrected chi connectivity index (χ4v) is 2.23. The van der Waals surface area contributed by atoms with Crippen LogP contribution >= 0.6 is 11.6 Å². The summed E-state index contributed by atoms with van der Waals surface area (Å²) in [5.74, 6) is -0.0809. The second kappa shape index (κ2) is 7.78. The van der Waals surface area contributed by atoms with Crippen molar-refractivity contribution in [2.45, 2.75) is 19.3 Å². The van der Waals surface area contributed by atoms with E-state index in [1.165, 1.54) is 4.90 Å². The van der Waals surface area contributed by atoms with Crippen molar-refractivity contribution in [1.29, 1.82) is 0 Å². The molecule has 1 aromatic carbocycles. The Bertz CT molecular complexity index is 699. The van der Waals surface area contributed by atoms with Crippen LogP contribution in [0.15, 0.2) is 34.9 Å². The Balaban J connectivity index is 1.91. The van der Waals surface area contributed by atoms with Crippen molar-refractivity contribution in [2.75, 3.05) is 13.6 Å². The lowest BCUT2D eigenvalue weighted by Crippen LogP contribution is -2.29. The number of nitrogens with zero attached hydrogens (tertiary/aromatic N) is 2. The Hall–Kier alpha value is -2.34. The molecule has 0 aliphatic carbocycles. The number of carboxylic acids is 1. The van der Waals surface area contributed by atoms with E-state index < -0.39 is 5.97 Å². The Morgan fingerprint density at radius 2 is 2.04 bits per heavy atom. The average Bonchev–Trinajstić information content (AvgIpc) is 2.99. The number of carbonyl (C=O) groups is 2. The van der Waals surface area contributed by atoms with Crippen LogP contribution in [-0.4, -0.2) is 40.5 Å². The molecule has 2 rings (SSSR count). The second-order valence-electron chi connectivity index (χ2n) is 5.06. The van der Waals surface area contributed by atoms with Gasteiger partial charge in [0.25, 0.3) is 0 Å². The molecule has 1 aromatic heterocycles. The molecular weight excluding hydrogens is 320 g/mol. The van der Waals surface area contributed by atoms with E-state index in [1.807, 2.05) is 18.2 Å². The van der Waals surface area contributed by atoms with Gasteiger partial charge in [-0.25, -0.2) is 4.98 Å². The molecular formula is C16H17ClN2O4. The van der Waals surface area contributed by atoms with Gasteiger partial charge in [-0.1, -0.05) is 23.7 Å². The minimum atomic E-state index is -0.929. The molecule has 1 N–H and O–H groups in total. The minimum absolute atomic E-state index is 0.0715. The van der Waals surface area contributed by atoms with Crippen molar-refractivity contribution in [3.05, 3.63) is 41.4 Å². The van der Waals surface area contributed by atoms with Gasteiger partial charge in [-0.2, -0.15) is 0 Å². The number of hydrogen-bond donors (Lipinski definition) is 1. The summed E-state index contributed by atoms with van der Waals surface area (Å²) in [5, 5.41) is 9.18. The molecule has 0 spiro atoms. The second-order valence-corrected chi connectivity index (χ2v) is 5.46. The number of aliphatic carboxylic acids is 1. The van der Waals surface area contributed by atoms with E-state index in [9.17, 15) is 9.59 Å². The molecule has 0 saturated carbocycles. The highest BCUT2D eigenvalue weighted by atomic mass is 35.5. The number of carbonyl (C=O) groups excluding carboxylic acids is 1. The van der Waals surface area contributed by atoms with Crippen LogP contribution in [-0.2, 0) is 16.0 Å². The van der Waals surface area contributed by atoms with Crippen molar-refractivity contribution >= 4 is 23.5 Å². The van der Waals surface area contributed by atoms with Gasteiger partial charge < -0.3 is 14.4 Å². The van der Waals surface area contributed by atoms with Crippen molar-refractivity contribution in [1.82, 2.24) is 9.88 Å². The predicted molar refractivity (Wildman–Crippen MR) is 85.2 cm³/mol. The number of halogens is 1. The zero-order valence-electron chi connectivity index (χ0n) is 12.7. The standard InChI is InChI=1S/C16H17ClN2O4/c1-19(9-8-16(21)22)15(20)7-6-14-18-10-13(23-14)11-4-2-3-5-12(11)17/h2-5,10H,6-9H2,1H3,(H,21,22). The fourth-order valence-electron chi connectivity index (χ4n) is 2.00. The molecule has 7 heteroatoms. The molecule has 0 unspecified atom stereocenters. The van der Waals surface area contributed by atoms with Gasteiger partial charge in [0, 0.05) is 32.0 Å². The number of carboxylic acid groups (broad SMARTS) is 1. The summed E-state index contributed by atoms with van der Waals surface area (Å²) < 4.78 is 5.62. The van der Waals surface area contributed by atoms with Crippen LogP contribution in [0.3, 0.4) is 0 Å². The highest BCUT2D eigenvalue weighted by molar-refractivity contribution is 6.33. The maximum atomic E-state index is 11.9. The molecule has 1 amide bonds. The topological polar surface area (TPSA) is 83.6 Å². The first-order valence-electron chi connectivity index (χ1n) is 7.12. The summed E-state index contributed by atoms with van der Waals surface area (Å²) in [6, 6.07) is 7.27. The van der Waals surface area contributed by atoms with Gasteiger partial charge in [-0.3, -0.25) is 9.59 Å². The maximum Gasteiger partial charge on any atom is 0.305 e. The summed E-state index contributed by atoms with van der Waals surface area (Å²) in [4.78, 5) is 27.9. The SMILES string of the molecule is CN(CCC(=O)O)C(=O)CCc1ncc(-c2ccccc2Cl)o1. The van der Waals surface area contributed by atoms with E-state index in [1.54, 1.807) is 19.3 Å². The monoisotopic (exact) mass is 336 g/mol. The summed E-state index contributed by atoms with van der Waals surface area (Å²) in [6.07, 6.45) is 2.06. The van der Waals surface area contributed by atoms with Crippen LogP contribution in [0.5, 0.6) is 0 Å². The lowest BCUT2D eigenvalue weighted by Gasteiger charge is -2.15. The number of aromatic nitrogens is 1. The van der Waals surface area contributed by atoms with Gasteiger partial charge in [0.15, 0.2) is 11.7 Å². The Kier molecular flexibility index (Phi) is 5.76. The van der Waals surface area contributed by atoms with E-state index in [0.29, 0.717) is 23.1 Å². The van der Waals surface area contributed by atoms with Gasteiger partial charge >= 0.3 is 5.97 Å². The van der Waals surface area contributed by atoms with Crippen molar-refractivity contribution in [2.24, 2.45) is 0 Å². The third-order valence-corrected chi connectivity index (χ3v) is 3.66. The molecule has 0 radical (unpaired) electrons. The van der Waals surface area contributed by atoms with Crippen molar-refractivity contribution in [3.8, 4) is 11.3 Å². The van der Waals surface area contributed by atoms with Gasteiger partial charge in [0.1, 0.15) is 0 Å². The zero-order chi connectivity index (χ0) is 16.8. The first-order valence-corrected chi connectivity index (χ1v) is 7.50. The van der Waals surface area contributed by atoms with Crippen molar-refractivity contribution in [3.63, 3.8) is 0 Å². The van der Waals surface area contributed by atoms with Crippen LogP contribution in [0.4, 0.5) is 0 Å². The summed E-state index contributed by atoms with van der Waals surface area (Å²) in [7, 11) is 1.58. The van der Waals surface area contributed by atoms with Crippen LogP contribution in [0.25, 0.3) is 11.3 Å². The summed E-state index contributed by atoms with van der Waals surface area (Å²) >= 11 is 6.10. The fraction of sp³-hybridized carbons (Fsp3) is 0.312. The molecule has 0 aliphatic rings. The van der Waals surface area contributed by atoms with Crippen LogP contribution in [0.2, 0.25) is 5.02 Å². The molecule has 122 valence electrons. The van der Waals surface area contributed by atoms with Crippen LogP contribution < -0.4 is 0 Å². The number of benzene rings is 1. The Labute approximate surface area is 138 Å². The number of oxazole rings is 1. The number of amides is 1. The quantitative estimate of drug-likeness (QED) is 0.840. The average molecular weight is 337 g/mol. The number of rotatable bonds is 7. The molecule has 0 saturated heterocycles. The lowest BCUT2D eigenvalue weighted by molar-refractivity contribution is -0.138. The molecule has 23 heavy (non-hydrogen) atoms. The number of aryl methyl sites for hydroxylation is 1. The molecule has 6 nitrogen and oxygen atoms in total. The molecule has 0 atom stereocenters. The van der Waals surface area contributed by atoms with Gasteiger partial charge in [0.2, 0.25) is 5.91 Å². The van der Waals surface area contributed by atoms with E-state index in [-0.39, 0.29) is 25.3 Å². The number of hydrogen-bond acceptors (Lipinski definition) is 4. The van der Waals surface area contributed by atoms with E-state index in [0.717, 1.165) is 5.56 Å². The molecule has 2 aromatic rings.